The average molecular weight is 405 g/mol. The molecule has 8 heteroatoms. The van der Waals surface area contributed by atoms with E-state index in [1.807, 2.05) is 0 Å². The third-order valence-electron chi connectivity index (χ3n) is 4.33. The Kier molecular flexibility index (Phi) is 6.33. The van der Waals surface area contributed by atoms with Gasteiger partial charge >= 0.3 is 0 Å². The minimum Gasteiger partial charge on any atom is -0.315 e. The number of benzene rings is 2. The molecule has 0 bridgehead atoms. The summed E-state index contributed by atoms with van der Waals surface area (Å²) in [6.07, 6.45) is 3.59. The lowest BCUT2D eigenvalue weighted by Gasteiger charge is -2.15. The molecule has 0 fully saturated rings. The smallest absolute Gasteiger partial charge is 0.240 e. The second-order valence-corrected chi connectivity index (χ2v) is 8.29. The number of hydrogen-bond donors (Lipinski definition) is 2. The van der Waals surface area contributed by atoms with Crippen molar-refractivity contribution < 1.29 is 17.2 Å². The molecule has 0 radical (unpaired) electrons. The first-order chi connectivity index (χ1) is 13.4. The van der Waals surface area contributed by atoms with E-state index in [9.17, 15) is 17.2 Å². The fourth-order valence-corrected chi connectivity index (χ4v) is 4.16. The van der Waals surface area contributed by atoms with E-state index in [2.05, 4.69) is 15.0 Å². The number of nitrogens with one attached hydrogen (secondary N) is 2. The fraction of sp³-hybridized carbons (Fsp3) is 0.250. The molecular weight excluding hydrogens is 384 g/mol. The summed E-state index contributed by atoms with van der Waals surface area (Å²) in [4.78, 5) is 4.19. The normalized spacial score (nSPS) is 13.0. The van der Waals surface area contributed by atoms with E-state index in [-0.39, 0.29) is 16.5 Å². The van der Waals surface area contributed by atoms with Crippen LogP contribution in [0.4, 0.5) is 8.78 Å². The van der Waals surface area contributed by atoms with E-state index >= 15 is 0 Å². The molecule has 2 N–H and O–H groups in total. The van der Waals surface area contributed by atoms with E-state index in [1.165, 1.54) is 12.1 Å². The summed E-state index contributed by atoms with van der Waals surface area (Å²) in [7, 11) is -3.67. The van der Waals surface area contributed by atoms with Crippen LogP contribution >= 0.6 is 0 Å². The molecule has 1 aromatic heterocycles. The predicted molar refractivity (Wildman–Crippen MR) is 104 cm³/mol. The van der Waals surface area contributed by atoms with E-state index in [0.29, 0.717) is 19.5 Å². The first-order valence-electron chi connectivity index (χ1n) is 8.86. The lowest BCUT2D eigenvalue weighted by molar-refractivity contribution is 0.494. The Balaban J connectivity index is 1.54. The number of hydrogen-bond acceptors (Lipinski definition) is 4. The van der Waals surface area contributed by atoms with Crippen LogP contribution < -0.4 is 10.0 Å². The number of aromatic nitrogens is 1. The Bertz CT molecular complexity index is 1070. The molecule has 28 heavy (non-hydrogen) atoms. The Labute approximate surface area is 162 Å². The molecule has 0 spiro atoms. The van der Waals surface area contributed by atoms with Crippen LogP contribution in [0, 0.1) is 11.6 Å². The topological polar surface area (TPSA) is 71.1 Å². The molecule has 1 atom stereocenters. The minimum absolute atomic E-state index is 0.180. The molecular formula is C20H21F2N3O2S. The van der Waals surface area contributed by atoms with E-state index < -0.39 is 21.7 Å². The maximum atomic E-state index is 13.6. The van der Waals surface area contributed by atoms with E-state index in [4.69, 9.17) is 0 Å². The predicted octanol–water partition coefficient (Wildman–Crippen LogP) is 3.01. The summed E-state index contributed by atoms with van der Waals surface area (Å²) in [6, 6.07) is 10.3. The summed E-state index contributed by atoms with van der Waals surface area (Å²) >= 11 is 0. The zero-order valence-corrected chi connectivity index (χ0v) is 16.1. The van der Waals surface area contributed by atoms with Crippen molar-refractivity contribution in [2.45, 2.75) is 24.3 Å². The van der Waals surface area contributed by atoms with Gasteiger partial charge in [-0.2, -0.15) is 0 Å². The van der Waals surface area contributed by atoms with Crippen LogP contribution in [0.5, 0.6) is 0 Å². The van der Waals surface area contributed by atoms with Crippen LogP contribution in [0.2, 0.25) is 0 Å². The molecule has 0 saturated carbocycles. The number of fused-ring (bicyclic) bond motifs is 1. The highest BCUT2D eigenvalue weighted by Gasteiger charge is 2.17. The van der Waals surface area contributed by atoms with Gasteiger partial charge in [0.15, 0.2) is 11.6 Å². The Morgan fingerprint density at radius 1 is 1.11 bits per heavy atom. The standard InChI is InChI=1S/C20H21F2N3O2S/c1-14(12-23-9-7-15-3-2-4-19(21)20(15)22)25-28(26,27)18-6-5-17-13-24-10-8-16(17)11-18/h2-6,8,10-11,13-14,23,25H,7,9,12H2,1H3/t14-/m1/s1. The second kappa shape index (κ2) is 8.72. The molecule has 0 amide bonds. The summed E-state index contributed by atoms with van der Waals surface area (Å²) in [5.74, 6) is -1.71. The molecule has 0 aliphatic rings. The number of halogens is 2. The summed E-state index contributed by atoms with van der Waals surface area (Å²) in [5, 5.41) is 4.71. The molecule has 1 heterocycles. The Morgan fingerprint density at radius 2 is 1.93 bits per heavy atom. The largest absolute Gasteiger partial charge is 0.315 e. The molecule has 3 aromatic rings. The van der Waals surface area contributed by atoms with Gasteiger partial charge in [0.05, 0.1) is 4.90 Å². The van der Waals surface area contributed by atoms with Gasteiger partial charge in [-0.1, -0.05) is 18.2 Å². The second-order valence-electron chi connectivity index (χ2n) is 6.57. The van der Waals surface area contributed by atoms with Gasteiger partial charge in [0.1, 0.15) is 0 Å². The molecule has 5 nitrogen and oxygen atoms in total. The van der Waals surface area contributed by atoms with Crippen molar-refractivity contribution in [2.24, 2.45) is 0 Å². The van der Waals surface area contributed by atoms with Gasteiger partial charge < -0.3 is 5.32 Å². The highest BCUT2D eigenvalue weighted by molar-refractivity contribution is 7.89. The SMILES string of the molecule is C[C@H](CNCCc1cccc(F)c1F)NS(=O)(=O)c1ccc2cnccc2c1. The lowest BCUT2D eigenvalue weighted by Crippen LogP contribution is -2.40. The van der Waals surface area contributed by atoms with Gasteiger partial charge in [0.25, 0.3) is 0 Å². The monoisotopic (exact) mass is 405 g/mol. The highest BCUT2D eigenvalue weighted by Crippen LogP contribution is 2.18. The third kappa shape index (κ3) is 4.89. The summed E-state index contributed by atoms with van der Waals surface area (Å²) in [5.41, 5.74) is 0.284. The van der Waals surface area contributed by atoms with Crippen molar-refractivity contribution in [3.8, 4) is 0 Å². The molecule has 0 saturated heterocycles. The average Bonchev–Trinajstić information content (AvgIpc) is 2.67. The number of rotatable bonds is 8. The van der Waals surface area contributed by atoms with Crippen LogP contribution in [0.25, 0.3) is 10.8 Å². The first-order valence-corrected chi connectivity index (χ1v) is 10.3. The first kappa shape index (κ1) is 20.3. The molecule has 0 unspecified atom stereocenters. The van der Waals surface area contributed by atoms with Crippen LogP contribution in [0.15, 0.2) is 59.8 Å². The molecule has 0 aliphatic heterocycles. The van der Waals surface area contributed by atoms with Crippen molar-refractivity contribution in [3.05, 3.63) is 72.1 Å². The van der Waals surface area contributed by atoms with Gasteiger partial charge in [-0.3, -0.25) is 4.98 Å². The molecule has 2 aromatic carbocycles. The maximum absolute atomic E-state index is 13.6. The lowest BCUT2D eigenvalue weighted by atomic mass is 10.1. The number of sulfonamides is 1. The Morgan fingerprint density at radius 3 is 2.75 bits per heavy atom. The number of nitrogens with zero attached hydrogens (tertiary/aromatic N) is 1. The van der Waals surface area contributed by atoms with Gasteiger partial charge in [0.2, 0.25) is 10.0 Å². The van der Waals surface area contributed by atoms with E-state index in [0.717, 1.165) is 16.8 Å². The van der Waals surface area contributed by atoms with Crippen LogP contribution in [-0.2, 0) is 16.4 Å². The maximum Gasteiger partial charge on any atom is 0.240 e. The Hall–Kier alpha value is -2.42. The van der Waals surface area contributed by atoms with Gasteiger partial charge in [-0.25, -0.2) is 21.9 Å². The quantitative estimate of drug-likeness (QED) is 0.565. The van der Waals surface area contributed by atoms with Crippen molar-refractivity contribution in [3.63, 3.8) is 0 Å². The van der Waals surface area contributed by atoms with Crippen molar-refractivity contribution in [1.29, 1.82) is 0 Å². The summed E-state index contributed by atoms with van der Waals surface area (Å²) < 4.78 is 54.6. The molecule has 0 aliphatic carbocycles. The summed E-state index contributed by atoms with van der Waals surface area (Å²) in [6.45, 7) is 2.49. The zero-order chi connectivity index (χ0) is 20.1. The van der Waals surface area contributed by atoms with E-state index in [1.54, 1.807) is 43.6 Å². The minimum atomic E-state index is -3.67. The van der Waals surface area contributed by atoms with Crippen LogP contribution in [0.1, 0.15) is 12.5 Å². The molecule has 3 rings (SSSR count). The number of pyridine rings is 1. The van der Waals surface area contributed by atoms with Crippen molar-refractivity contribution >= 4 is 20.8 Å². The van der Waals surface area contributed by atoms with Crippen LogP contribution in [-0.4, -0.2) is 32.5 Å². The molecule has 148 valence electrons. The van der Waals surface area contributed by atoms with Crippen molar-refractivity contribution in [2.75, 3.05) is 13.1 Å². The fourth-order valence-electron chi connectivity index (χ4n) is 2.89. The van der Waals surface area contributed by atoms with Gasteiger partial charge in [0, 0.05) is 30.4 Å². The third-order valence-corrected chi connectivity index (χ3v) is 5.92. The highest BCUT2D eigenvalue weighted by atomic mass is 32.2. The zero-order valence-electron chi connectivity index (χ0n) is 15.3. The van der Waals surface area contributed by atoms with Crippen molar-refractivity contribution in [1.82, 2.24) is 15.0 Å². The van der Waals surface area contributed by atoms with Gasteiger partial charge in [-0.05, 0) is 55.1 Å². The van der Waals surface area contributed by atoms with Crippen LogP contribution in [0.3, 0.4) is 0 Å². The van der Waals surface area contributed by atoms with Gasteiger partial charge in [-0.15, -0.1) is 0 Å².